The van der Waals surface area contributed by atoms with Crippen LogP contribution < -0.4 is 10.2 Å². The highest BCUT2D eigenvalue weighted by Crippen LogP contribution is 2.28. The highest BCUT2D eigenvalue weighted by Gasteiger charge is 2.29. The Morgan fingerprint density at radius 2 is 1.84 bits per heavy atom. The number of fused-ring (bicyclic) bond motifs is 1. The molecule has 0 spiro atoms. The molecule has 2 aromatic rings. The van der Waals surface area contributed by atoms with Crippen molar-refractivity contribution in [2.75, 3.05) is 37.6 Å². The maximum absolute atomic E-state index is 12.5. The largest absolute Gasteiger partial charge is 0.356 e. The molecule has 31 heavy (non-hydrogen) atoms. The molecular formula is C23H35N7O. The molecule has 2 saturated heterocycles. The summed E-state index contributed by atoms with van der Waals surface area (Å²) < 4.78 is 1.81. The molecule has 8 nitrogen and oxygen atoms in total. The molecule has 1 aliphatic carbocycles. The summed E-state index contributed by atoms with van der Waals surface area (Å²) in [4.78, 5) is 17.5. The minimum absolute atomic E-state index is 0.100. The Bertz CT molecular complexity index is 885. The fourth-order valence-corrected chi connectivity index (χ4v) is 5.47. The fraction of sp³-hybridized carbons (Fsp3) is 0.739. The summed E-state index contributed by atoms with van der Waals surface area (Å²) in [5.41, 5.74) is 0.745. The Hall–Kier alpha value is -2.22. The van der Waals surface area contributed by atoms with Gasteiger partial charge in [0.15, 0.2) is 11.5 Å². The molecule has 1 unspecified atom stereocenters. The molecule has 3 fully saturated rings. The molecule has 2 aliphatic heterocycles. The molecule has 1 N–H and O–H groups in total. The smallest absolute Gasteiger partial charge is 0.220 e. The van der Waals surface area contributed by atoms with Gasteiger partial charge in [-0.3, -0.25) is 4.79 Å². The van der Waals surface area contributed by atoms with Crippen molar-refractivity contribution < 1.29 is 4.79 Å². The minimum Gasteiger partial charge on any atom is -0.356 e. The van der Waals surface area contributed by atoms with E-state index in [4.69, 9.17) is 5.10 Å². The number of carbonyl (C=O) groups excluding carboxylic acids is 1. The highest BCUT2D eigenvalue weighted by atomic mass is 16.1. The summed E-state index contributed by atoms with van der Waals surface area (Å²) in [5, 5.41) is 16.5. The van der Waals surface area contributed by atoms with Crippen molar-refractivity contribution in [1.82, 2.24) is 30.0 Å². The van der Waals surface area contributed by atoms with Crippen molar-refractivity contribution in [3.8, 4) is 0 Å². The van der Waals surface area contributed by atoms with Crippen LogP contribution in [0.1, 0.15) is 63.6 Å². The monoisotopic (exact) mass is 425 g/mol. The van der Waals surface area contributed by atoms with Crippen LogP contribution in [0.4, 0.5) is 5.82 Å². The van der Waals surface area contributed by atoms with E-state index in [1.165, 1.54) is 57.9 Å². The second-order valence-corrected chi connectivity index (χ2v) is 9.52. The quantitative estimate of drug-likeness (QED) is 0.734. The zero-order valence-corrected chi connectivity index (χ0v) is 18.5. The van der Waals surface area contributed by atoms with E-state index in [2.05, 4.69) is 25.3 Å². The molecule has 0 bridgehead atoms. The number of nitrogens with zero attached hydrogens (tertiary/aromatic N) is 6. The van der Waals surface area contributed by atoms with Gasteiger partial charge in [0.1, 0.15) is 5.82 Å². The summed E-state index contributed by atoms with van der Waals surface area (Å²) in [6.45, 7) is 5.24. The number of nitrogens with one attached hydrogen (secondary N) is 1. The first-order valence-corrected chi connectivity index (χ1v) is 12.2. The third kappa shape index (κ3) is 4.84. The number of amides is 1. The maximum Gasteiger partial charge on any atom is 0.220 e. The van der Waals surface area contributed by atoms with Crippen molar-refractivity contribution in [2.45, 2.75) is 70.3 Å². The van der Waals surface area contributed by atoms with Crippen molar-refractivity contribution in [3.05, 3.63) is 18.0 Å². The average Bonchev–Trinajstić information content (AvgIpc) is 3.57. The van der Waals surface area contributed by atoms with E-state index in [1.54, 1.807) is 0 Å². The van der Waals surface area contributed by atoms with Gasteiger partial charge in [-0.2, -0.15) is 4.52 Å². The van der Waals surface area contributed by atoms with Gasteiger partial charge in [-0.15, -0.1) is 15.3 Å². The van der Waals surface area contributed by atoms with Crippen molar-refractivity contribution in [2.24, 2.45) is 5.92 Å². The van der Waals surface area contributed by atoms with Crippen LogP contribution in [0.25, 0.3) is 5.65 Å². The van der Waals surface area contributed by atoms with Crippen LogP contribution >= 0.6 is 0 Å². The van der Waals surface area contributed by atoms with Crippen LogP contribution in [-0.2, 0) is 11.2 Å². The first-order chi connectivity index (χ1) is 15.3. The van der Waals surface area contributed by atoms with Crippen LogP contribution in [0.2, 0.25) is 0 Å². The van der Waals surface area contributed by atoms with Crippen molar-refractivity contribution >= 4 is 17.4 Å². The third-order valence-corrected chi connectivity index (χ3v) is 7.32. The second kappa shape index (κ2) is 9.51. The molecule has 2 aromatic heterocycles. The normalized spacial score (nSPS) is 23.1. The number of anilines is 1. The van der Waals surface area contributed by atoms with E-state index in [9.17, 15) is 4.79 Å². The number of likely N-dealkylation sites (tertiary alicyclic amines) is 1. The zero-order chi connectivity index (χ0) is 21.0. The van der Waals surface area contributed by atoms with E-state index in [0.29, 0.717) is 18.8 Å². The number of rotatable bonds is 7. The van der Waals surface area contributed by atoms with Gasteiger partial charge < -0.3 is 15.1 Å². The molecule has 8 heteroatoms. The molecule has 168 valence electrons. The standard InChI is InChI=1S/C23H35N7O/c31-23(24-16-18-12-15-29(17-18)19-6-2-3-7-19)11-10-21-26-25-20-8-9-22(27-30(20)21)28-13-4-1-5-14-28/h8-9,18-19H,1-7,10-17H2,(H,24,31). The van der Waals surface area contributed by atoms with Gasteiger partial charge in [0.25, 0.3) is 0 Å². The highest BCUT2D eigenvalue weighted by molar-refractivity contribution is 5.76. The van der Waals surface area contributed by atoms with E-state index in [-0.39, 0.29) is 5.91 Å². The molecule has 0 radical (unpaired) electrons. The Morgan fingerprint density at radius 1 is 1.00 bits per heavy atom. The van der Waals surface area contributed by atoms with Crippen molar-refractivity contribution in [3.63, 3.8) is 0 Å². The number of piperidine rings is 1. The average molecular weight is 426 g/mol. The molecule has 1 saturated carbocycles. The molecule has 3 aliphatic rings. The van der Waals surface area contributed by atoms with Crippen molar-refractivity contribution in [1.29, 1.82) is 0 Å². The summed E-state index contributed by atoms with van der Waals surface area (Å²) in [5.74, 6) is 2.43. The fourth-order valence-electron chi connectivity index (χ4n) is 5.47. The lowest BCUT2D eigenvalue weighted by Gasteiger charge is -2.27. The molecule has 4 heterocycles. The predicted molar refractivity (Wildman–Crippen MR) is 120 cm³/mol. The van der Waals surface area contributed by atoms with E-state index in [1.807, 2.05) is 16.6 Å². The van der Waals surface area contributed by atoms with Gasteiger partial charge >= 0.3 is 0 Å². The molecular weight excluding hydrogens is 390 g/mol. The van der Waals surface area contributed by atoms with Crippen LogP contribution in [0.5, 0.6) is 0 Å². The Morgan fingerprint density at radius 3 is 2.68 bits per heavy atom. The van der Waals surface area contributed by atoms with Gasteiger partial charge in [0.2, 0.25) is 5.91 Å². The van der Waals surface area contributed by atoms with Gasteiger partial charge in [0, 0.05) is 45.1 Å². The maximum atomic E-state index is 12.5. The van der Waals surface area contributed by atoms with Crippen LogP contribution in [-0.4, -0.2) is 69.4 Å². The SMILES string of the molecule is O=C(CCc1nnc2ccc(N3CCCCC3)nn12)NCC1CCN(C2CCCC2)C1. The zero-order valence-electron chi connectivity index (χ0n) is 18.5. The minimum atomic E-state index is 0.100. The third-order valence-electron chi connectivity index (χ3n) is 7.32. The molecule has 1 atom stereocenters. The topological polar surface area (TPSA) is 78.7 Å². The number of hydrogen-bond donors (Lipinski definition) is 1. The van der Waals surface area contributed by atoms with Crippen LogP contribution in [0, 0.1) is 5.92 Å². The van der Waals surface area contributed by atoms with Gasteiger partial charge in [-0.05, 0) is 63.1 Å². The summed E-state index contributed by atoms with van der Waals surface area (Å²) in [6.07, 6.45) is 11.4. The lowest BCUT2D eigenvalue weighted by Crippen LogP contribution is -2.34. The van der Waals surface area contributed by atoms with Crippen LogP contribution in [0.3, 0.4) is 0 Å². The number of carbonyl (C=O) groups is 1. The first-order valence-electron chi connectivity index (χ1n) is 12.2. The number of aromatic nitrogens is 4. The lowest BCUT2D eigenvalue weighted by atomic mass is 10.1. The summed E-state index contributed by atoms with van der Waals surface area (Å²) >= 11 is 0. The van der Waals surface area contributed by atoms with Crippen LogP contribution in [0.15, 0.2) is 12.1 Å². The molecule has 5 rings (SSSR count). The lowest BCUT2D eigenvalue weighted by molar-refractivity contribution is -0.121. The second-order valence-electron chi connectivity index (χ2n) is 9.52. The van der Waals surface area contributed by atoms with Gasteiger partial charge in [-0.1, -0.05) is 12.8 Å². The number of aryl methyl sites for hydroxylation is 1. The Labute approximate surface area is 184 Å². The predicted octanol–water partition coefficient (Wildman–Crippen LogP) is 2.43. The van der Waals surface area contributed by atoms with E-state index >= 15 is 0 Å². The molecule has 1 amide bonds. The summed E-state index contributed by atoms with van der Waals surface area (Å²) in [6, 6.07) is 4.80. The Kier molecular flexibility index (Phi) is 6.34. The first kappa shape index (κ1) is 20.7. The van der Waals surface area contributed by atoms with E-state index < -0.39 is 0 Å². The summed E-state index contributed by atoms with van der Waals surface area (Å²) in [7, 11) is 0. The van der Waals surface area contributed by atoms with Gasteiger partial charge in [0.05, 0.1) is 0 Å². The van der Waals surface area contributed by atoms with E-state index in [0.717, 1.165) is 49.5 Å². The Balaban J connectivity index is 1.11. The van der Waals surface area contributed by atoms with Gasteiger partial charge in [-0.25, -0.2) is 0 Å². The number of hydrogen-bond acceptors (Lipinski definition) is 6. The molecule has 0 aromatic carbocycles.